The maximum Gasteiger partial charge on any atom is 0.185 e. The molecule has 1 N–H and O–H groups in total. The number of fused-ring (bicyclic) bond motifs is 1. The maximum absolute atomic E-state index is 11.1. The Labute approximate surface area is 176 Å². The highest BCUT2D eigenvalue weighted by Gasteiger charge is 2.12. The van der Waals surface area contributed by atoms with Gasteiger partial charge in [0, 0.05) is 36.3 Å². The highest BCUT2D eigenvalue weighted by Crippen LogP contribution is 2.33. The highest BCUT2D eigenvalue weighted by atomic mass is 35.5. The smallest absolute Gasteiger partial charge is 0.185 e. The second kappa shape index (κ2) is 9.40. The van der Waals surface area contributed by atoms with Gasteiger partial charge >= 0.3 is 0 Å². The van der Waals surface area contributed by atoms with Gasteiger partial charge in [0.25, 0.3) is 0 Å². The quantitative estimate of drug-likeness (QED) is 0.374. The third-order valence-electron chi connectivity index (χ3n) is 3.92. The molecule has 0 radical (unpaired) electrons. The first-order chi connectivity index (χ1) is 14.0. The predicted molar refractivity (Wildman–Crippen MR) is 116 cm³/mol. The number of nitrogens with zero attached hydrogens (tertiary/aromatic N) is 4. The van der Waals surface area contributed by atoms with Crippen LogP contribution < -0.4 is 10.1 Å². The summed E-state index contributed by atoms with van der Waals surface area (Å²) in [6.07, 6.45) is 5.60. The molecule has 148 valence electrons. The largest absolute Gasteiger partial charge is 0.494 e. The second-order valence-corrected chi connectivity index (χ2v) is 7.20. The van der Waals surface area contributed by atoms with Crippen LogP contribution in [0.15, 0.2) is 42.9 Å². The molecule has 7 nitrogen and oxygen atoms in total. The van der Waals surface area contributed by atoms with Crippen LogP contribution in [0.3, 0.4) is 0 Å². The van der Waals surface area contributed by atoms with E-state index in [9.17, 15) is 4.79 Å². The number of aromatic nitrogens is 4. The fourth-order valence-corrected chi connectivity index (χ4v) is 3.48. The van der Waals surface area contributed by atoms with Crippen molar-refractivity contribution in [3.05, 3.63) is 59.3 Å². The standard InChI is InChI=1S/C13H11ClN2O2.C7H7N3S/c1-8-3-10(9(7-17)5-15-8)11-4-13(14)16-6-12(11)18-2;1-8-7-10-5-3-2-4-9-6(5)11-7/h3-7H,1-2H3;2-4H,1H3,(H,8,10). The van der Waals surface area contributed by atoms with Gasteiger partial charge in [0.2, 0.25) is 0 Å². The lowest BCUT2D eigenvalue weighted by Crippen LogP contribution is -1.95. The van der Waals surface area contributed by atoms with Crippen LogP contribution in [0.5, 0.6) is 5.75 Å². The number of aryl methyl sites for hydroxylation is 1. The first-order valence-electron chi connectivity index (χ1n) is 8.56. The van der Waals surface area contributed by atoms with Crippen molar-refractivity contribution >= 4 is 44.7 Å². The molecule has 4 aromatic heterocycles. The van der Waals surface area contributed by atoms with Gasteiger partial charge in [0.05, 0.1) is 13.3 Å². The fraction of sp³-hybridized carbons (Fsp3) is 0.150. The summed E-state index contributed by atoms with van der Waals surface area (Å²) in [6.45, 7) is 1.85. The van der Waals surface area contributed by atoms with Gasteiger partial charge in [-0.1, -0.05) is 22.9 Å². The summed E-state index contributed by atoms with van der Waals surface area (Å²) < 4.78 is 5.24. The highest BCUT2D eigenvalue weighted by molar-refractivity contribution is 7.21. The number of nitrogens with one attached hydrogen (secondary N) is 1. The van der Waals surface area contributed by atoms with Gasteiger partial charge in [-0.05, 0) is 36.8 Å². The van der Waals surface area contributed by atoms with E-state index < -0.39 is 0 Å². The van der Waals surface area contributed by atoms with Crippen LogP contribution in [0.4, 0.5) is 5.13 Å². The Kier molecular flexibility index (Phi) is 6.69. The number of rotatable bonds is 4. The van der Waals surface area contributed by atoms with E-state index in [0.717, 1.165) is 38.6 Å². The Morgan fingerprint density at radius 2 is 2.00 bits per heavy atom. The molecule has 4 rings (SSSR count). The minimum absolute atomic E-state index is 0.345. The maximum atomic E-state index is 11.1. The number of carbonyl (C=O) groups is 1. The Balaban J connectivity index is 0.000000186. The van der Waals surface area contributed by atoms with Gasteiger partial charge in [0.15, 0.2) is 11.4 Å². The third kappa shape index (κ3) is 4.85. The fourth-order valence-electron chi connectivity index (χ4n) is 2.56. The summed E-state index contributed by atoms with van der Waals surface area (Å²) in [5, 5.41) is 4.24. The molecule has 0 aliphatic carbocycles. The van der Waals surface area contributed by atoms with E-state index >= 15 is 0 Å². The molecular formula is C20H18ClN5O2S. The molecule has 0 aliphatic heterocycles. The molecule has 9 heteroatoms. The van der Waals surface area contributed by atoms with Crippen molar-refractivity contribution in [3.63, 3.8) is 0 Å². The molecule has 0 aliphatic rings. The molecule has 0 aromatic carbocycles. The molecular weight excluding hydrogens is 410 g/mol. The molecule has 0 saturated heterocycles. The summed E-state index contributed by atoms with van der Waals surface area (Å²) >= 11 is 7.45. The number of methoxy groups -OCH3 is 1. The molecule has 0 amide bonds. The van der Waals surface area contributed by atoms with Crippen LogP contribution >= 0.6 is 22.9 Å². The van der Waals surface area contributed by atoms with Gasteiger partial charge in [-0.25, -0.2) is 15.0 Å². The molecule has 29 heavy (non-hydrogen) atoms. The number of ether oxygens (including phenoxy) is 1. The van der Waals surface area contributed by atoms with Crippen LogP contribution in [0.25, 0.3) is 21.5 Å². The van der Waals surface area contributed by atoms with Gasteiger partial charge in [-0.15, -0.1) is 0 Å². The minimum Gasteiger partial charge on any atom is -0.494 e. The molecule has 0 fully saturated rings. The van der Waals surface area contributed by atoms with Gasteiger partial charge in [-0.2, -0.15) is 0 Å². The summed E-state index contributed by atoms with van der Waals surface area (Å²) in [7, 11) is 3.40. The summed E-state index contributed by atoms with van der Waals surface area (Å²) in [4.78, 5) is 28.5. The minimum atomic E-state index is 0.345. The van der Waals surface area contributed by atoms with E-state index in [0.29, 0.717) is 16.5 Å². The molecule has 0 unspecified atom stereocenters. The van der Waals surface area contributed by atoms with Gasteiger partial charge < -0.3 is 10.1 Å². The lowest BCUT2D eigenvalue weighted by molar-refractivity contribution is 0.112. The Bertz CT molecular complexity index is 1120. The van der Waals surface area contributed by atoms with E-state index in [1.165, 1.54) is 12.4 Å². The van der Waals surface area contributed by atoms with Crippen molar-refractivity contribution in [2.24, 2.45) is 0 Å². The topological polar surface area (TPSA) is 89.9 Å². The molecule has 4 aromatic rings. The molecule has 0 atom stereocenters. The van der Waals surface area contributed by atoms with Crippen LogP contribution in [-0.4, -0.2) is 40.4 Å². The van der Waals surface area contributed by atoms with Crippen molar-refractivity contribution in [2.45, 2.75) is 6.92 Å². The summed E-state index contributed by atoms with van der Waals surface area (Å²) in [6, 6.07) is 7.33. The number of thiazole rings is 1. The van der Waals surface area contributed by atoms with E-state index in [2.05, 4.69) is 25.3 Å². The van der Waals surface area contributed by atoms with E-state index in [4.69, 9.17) is 16.3 Å². The summed E-state index contributed by atoms with van der Waals surface area (Å²) in [5.74, 6) is 0.563. The second-order valence-electron chi connectivity index (χ2n) is 5.83. The van der Waals surface area contributed by atoms with Gasteiger partial charge in [-0.3, -0.25) is 9.78 Å². The average Bonchev–Trinajstić information content (AvgIpc) is 3.17. The Hall–Kier alpha value is -3.10. The van der Waals surface area contributed by atoms with Crippen molar-refractivity contribution in [1.82, 2.24) is 19.9 Å². The molecule has 0 spiro atoms. The van der Waals surface area contributed by atoms with Crippen LogP contribution in [0, 0.1) is 6.92 Å². The van der Waals surface area contributed by atoms with Crippen molar-refractivity contribution in [3.8, 4) is 16.9 Å². The van der Waals surface area contributed by atoms with Gasteiger partial charge in [0.1, 0.15) is 21.2 Å². The zero-order valence-corrected chi connectivity index (χ0v) is 17.6. The number of halogens is 1. The first-order valence-corrected chi connectivity index (χ1v) is 9.76. The number of pyridine rings is 3. The van der Waals surface area contributed by atoms with Crippen LogP contribution in [0.2, 0.25) is 5.15 Å². The van der Waals surface area contributed by atoms with Crippen molar-refractivity contribution < 1.29 is 9.53 Å². The van der Waals surface area contributed by atoms with Crippen molar-refractivity contribution in [1.29, 1.82) is 0 Å². The lowest BCUT2D eigenvalue weighted by atomic mass is 10.0. The molecule has 4 heterocycles. The number of hydrogen-bond acceptors (Lipinski definition) is 8. The zero-order valence-electron chi connectivity index (χ0n) is 16.0. The lowest BCUT2D eigenvalue weighted by Gasteiger charge is -2.10. The van der Waals surface area contributed by atoms with Crippen molar-refractivity contribution in [2.75, 3.05) is 19.5 Å². The normalized spacial score (nSPS) is 10.2. The number of anilines is 1. The zero-order chi connectivity index (χ0) is 20.8. The number of carbonyl (C=O) groups excluding carboxylic acids is 1. The van der Waals surface area contributed by atoms with Crippen LogP contribution in [0.1, 0.15) is 16.1 Å². The Morgan fingerprint density at radius 1 is 1.17 bits per heavy atom. The van der Waals surface area contributed by atoms with E-state index in [1.807, 2.05) is 32.2 Å². The molecule has 0 saturated carbocycles. The number of hydrogen-bond donors (Lipinski definition) is 1. The third-order valence-corrected chi connectivity index (χ3v) is 5.13. The SMILES string of the molecule is CNc1nc2cccnc2s1.COc1cnc(Cl)cc1-c1cc(C)ncc1C=O. The van der Waals surface area contributed by atoms with E-state index in [1.54, 1.807) is 30.7 Å². The first kappa shape index (κ1) is 20.6. The number of aldehydes is 1. The molecule has 0 bridgehead atoms. The summed E-state index contributed by atoms with van der Waals surface area (Å²) in [5.41, 5.74) is 3.72. The Morgan fingerprint density at radius 3 is 2.69 bits per heavy atom. The monoisotopic (exact) mass is 427 g/mol. The predicted octanol–water partition coefficient (Wildman–Crippen LogP) is 4.66. The average molecular weight is 428 g/mol. The van der Waals surface area contributed by atoms with Crippen LogP contribution in [-0.2, 0) is 0 Å². The van der Waals surface area contributed by atoms with E-state index in [-0.39, 0.29) is 0 Å².